The van der Waals surface area contributed by atoms with E-state index in [1.54, 1.807) is 24.3 Å². The van der Waals surface area contributed by atoms with Gasteiger partial charge in [0.05, 0.1) is 18.0 Å². The smallest absolute Gasteiger partial charge is 0.198 e. The zero-order valence-electron chi connectivity index (χ0n) is 10.7. The summed E-state index contributed by atoms with van der Waals surface area (Å²) in [6.07, 6.45) is -3.00. The van der Waals surface area contributed by atoms with Gasteiger partial charge in [0.25, 0.3) is 0 Å². The van der Waals surface area contributed by atoms with Crippen LogP contribution in [0.3, 0.4) is 0 Å². The Morgan fingerprint density at radius 1 is 1.26 bits per heavy atom. The van der Waals surface area contributed by atoms with Crippen molar-refractivity contribution in [3.05, 3.63) is 35.9 Å². The molecule has 1 rings (SSSR count). The van der Waals surface area contributed by atoms with Crippen molar-refractivity contribution in [2.75, 3.05) is 13.7 Å². The van der Waals surface area contributed by atoms with Gasteiger partial charge in [0, 0.05) is 13.5 Å². The largest absolute Gasteiger partial charge is 0.395 e. The van der Waals surface area contributed by atoms with Crippen molar-refractivity contribution in [2.45, 2.75) is 29.7 Å². The van der Waals surface area contributed by atoms with Gasteiger partial charge in [-0.1, -0.05) is 30.3 Å². The third-order valence-electron chi connectivity index (χ3n) is 3.02. The van der Waals surface area contributed by atoms with Crippen LogP contribution in [-0.2, 0) is 11.2 Å². The fraction of sp³-hybridized carbons (Fsp3) is 0.538. The Labute approximate surface area is 117 Å². The summed E-state index contributed by atoms with van der Waals surface area (Å²) in [6.45, 7) is -0.424. The maximum absolute atomic E-state index is 10.3. The van der Waals surface area contributed by atoms with Crippen LogP contribution >= 0.6 is 12.6 Å². The molecular formula is C13H20O5S. The Balaban J connectivity index is 2.84. The number of methoxy groups -OCH3 is 1. The van der Waals surface area contributed by atoms with Gasteiger partial charge in [-0.3, -0.25) is 0 Å². The summed E-state index contributed by atoms with van der Waals surface area (Å²) in [5.74, 6) is -1.95. The first-order chi connectivity index (χ1) is 8.94. The zero-order chi connectivity index (χ0) is 14.5. The van der Waals surface area contributed by atoms with Gasteiger partial charge in [0.15, 0.2) is 5.79 Å². The first-order valence-electron chi connectivity index (χ1n) is 5.91. The van der Waals surface area contributed by atoms with Gasteiger partial charge in [-0.15, -0.1) is 0 Å². The molecule has 0 bridgehead atoms. The molecule has 0 aliphatic rings. The van der Waals surface area contributed by atoms with Crippen LogP contribution in [0.5, 0.6) is 0 Å². The molecule has 0 aliphatic heterocycles. The minimum absolute atomic E-state index is 0.00843. The molecule has 4 atom stereocenters. The van der Waals surface area contributed by atoms with Crippen molar-refractivity contribution in [1.82, 2.24) is 0 Å². The Morgan fingerprint density at radius 2 is 1.84 bits per heavy atom. The number of thiol groups is 1. The minimum atomic E-state index is -1.95. The molecule has 6 heteroatoms. The van der Waals surface area contributed by atoms with E-state index in [0.29, 0.717) is 0 Å². The zero-order valence-corrected chi connectivity index (χ0v) is 11.6. The van der Waals surface area contributed by atoms with Crippen molar-refractivity contribution >= 4 is 12.6 Å². The Morgan fingerprint density at radius 3 is 2.32 bits per heavy atom. The topological polar surface area (TPSA) is 90.2 Å². The maximum Gasteiger partial charge on any atom is 0.198 e. The summed E-state index contributed by atoms with van der Waals surface area (Å²) in [4.78, 5) is 0. The van der Waals surface area contributed by atoms with Crippen molar-refractivity contribution in [2.24, 2.45) is 0 Å². The summed E-state index contributed by atoms with van der Waals surface area (Å²) >= 11 is 3.93. The number of aliphatic hydroxyl groups excluding tert-OH is 3. The van der Waals surface area contributed by atoms with Gasteiger partial charge >= 0.3 is 0 Å². The molecule has 19 heavy (non-hydrogen) atoms. The van der Waals surface area contributed by atoms with Crippen molar-refractivity contribution < 1.29 is 25.2 Å². The molecule has 0 fully saturated rings. The van der Waals surface area contributed by atoms with Crippen LogP contribution in [0.2, 0.25) is 0 Å². The molecular weight excluding hydrogens is 268 g/mol. The summed E-state index contributed by atoms with van der Waals surface area (Å²) in [7, 11) is 1.24. The highest BCUT2D eigenvalue weighted by atomic mass is 32.1. The predicted molar refractivity (Wildman–Crippen MR) is 74.0 cm³/mol. The number of aliphatic hydroxyl groups is 4. The molecule has 1 aromatic carbocycles. The Bertz CT molecular complexity index is 375. The van der Waals surface area contributed by atoms with E-state index in [9.17, 15) is 15.3 Å². The summed E-state index contributed by atoms with van der Waals surface area (Å²) in [5, 5.41) is 38.2. The molecule has 0 saturated carbocycles. The van der Waals surface area contributed by atoms with Crippen LogP contribution in [0.4, 0.5) is 0 Å². The van der Waals surface area contributed by atoms with Gasteiger partial charge in [0.2, 0.25) is 0 Å². The van der Waals surface area contributed by atoms with Crippen LogP contribution in [0.25, 0.3) is 0 Å². The molecule has 0 heterocycles. The highest BCUT2D eigenvalue weighted by molar-refractivity contribution is 7.81. The van der Waals surface area contributed by atoms with Gasteiger partial charge in [0.1, 0.15) is 6.10 Å². The van der Waals surface area contributed by atoms with Crippen molar-refractivity contribution in [3.8, 4) is 0 Å². The van der Waals surface area contributed by atoms with Crippen LogP contribution in [0.15, 0.2) is 30.3 Å². The lowest BCUT2D eigenvalue weighted by Gasteiger charge is -2.35. The van der Waals surface area contributed by atoms with E-state index in [1.165, 1.54) is 7.11 Å². The van der Waals surface area contributed by atoms with Gasteiger partial charge in [-0.05, 0) is 5.56 Å². The van der Waals surface area contributed by atoms with Crippen LogP contribution in [0.1, 0.15) is 5.56 Å². The van der Waals surface area contributed by atoms with Crippen molar-refractivity contribution in [1.29, 1.82) is 0 Å². The van der Waals surface area contributed by atoms with E-state index in [-0.39, 0.29) is 6.42 Å². The van der Waals surface area contributed by atoms with Crippen molar-refractivity contribution in [3.63, 3.8) is 0 Å². The van der Waals surface area contributed by atoms with Gasteiger partial charge in [-0.2, -0.15) is 12.6 Å². The molecule has 0 spiro atoms. The first kappa shape index (κ1) is 16.4. The third-order valence-corrected chi connectivity index (χ3v) is 3.49. The lowest BCUT2D eigenvalue weighted by atomic mass is 9.95. The highest BCUT2D eigenvalue weighted by Crippen LogP contribution is 2.23. The second-order valence-electron chi connectivity index (χ2n) is 4.40. The summed E-state index contributed by atoms with van der Waals surface area (Å²) < 4.78 is 4.95. The third kappa shape index (κ3) is 4.17. The lowest BCUT2D eigenvalue weighted by molar-refractivity contribution is -0.261. The number of ether oxygens (including phenoxy) is 1. The maximum atomic E-state index is 10.3. The molecule has 0 saturated heterocycles. The molecule has 0 aliphatic carbocycles. The first-order valence-corrected chi connectivity index (χ1v) is 6.42. The second-order valence-corrected chi connectivity index (χ2v) is 5.06. The van der Waals surface area contributed by atoms with E-state index in [1.807, 2.05) is 6.07 Å². The van der Waals surface area contributed by atoms with E-state index < -0.39 is 29.9 Å². The highest BCUT2D eigenvalue weighted by Gasteiger charge is 2.42. The molecule has 5 nitrogen and oxygen atoms in total. The quantitative estimate of drug-likeness (QED) is 0.347. The molecule has 0 aromatic heterocycles. The van der Waals surface area contributed by atoms with Crippen LogP contribution < -0.4 is 0 Å². The Kier molecular flexibility index (Phi) is 6.25. The fourth-order valence-corrected chi connectivity index (χ4v) is 1.93. The molecule has 108 valence electrons. The summed E-state index contributed by atoms with van der Waals surface area (Å²) in [5.41, 5.74) is 0.748. The van der Waals surface area contributed by atoms with E-state index in [4.69, 9.17) is 9.84 Å². The van der Waals surface area contributed by atoms with Gasteiger partial charge in [-0.25, -0.2) is 0 Å². The molecule has 1 aromatic rings. The SMILES string of the molecule is COC(O)(Cc1ccccc1)[C@@H](O)[C@@H](O)[C@H](S)CO. The standard InChI is InChI=1S/C13H20O5S/c1-18-13(17,7-9-5-3-2-4-6-9)12(16)11(15)10(19)8-14/h2-6,10-12,14-17,19H,7-8H2,1H3/t10-,11+,12+,13?/m1/s1. The normalized spacial score (nSPS) is 19.5. The van der Waals surface area contributed by atoms with Gasteiger partial charge < -0.3 is 25.2 Å². The fourth-order valence-electron chi connectivity index (χ4n) is 1.77. The Hall–Kier alpha value is -0.630. The number of rotatable bonds is 7. The average Bonchev–Trinajstić information content (AvgIpc) is 2.45. The minimum Gasteiger partial charge on any atom is -0.395 e. The molecule has 0 amide bonds. The van der Waals surface area contributed by atoms with Crippen LogP contribution in [0, 0.1) is 0 Å². The predicted octanol–water partition coefficient (Wildman–Crippen LogP) is -0.423. The molecule has 1 unspecified atom stereocenters. The van der Waals surface area contributed by atoms with Crippen LogP contribution in [-0.4, -0.2) is 57.4 Å². The number of benzene rings is 1. The summed E-state index contributed by atoms with van der Waals surface area (Å²) in [6, 6.07) is 8.96. The number of hydrogen-bond donors (Lipinski definition) is 5. The molecule has 4 N–H and O–H groups in total. The van der Waals surface area contributed by atoms with E-state index in [0.717, 1.165) is 5.56 Å². The van der Waals surface area contributed by atoms with E-state index >= 15 is 0 Å². The van der Waals surface area contributed by atoms with E-state index in [2.05, 4.69) is 12.6 Å². The molecule has 0 radical (unpaired) electrons. The number of hydrogen-bond acceptors (Lipinski definition) is 6. The average molecular weight is 288 g/mol. The lowest BCUT2D eigenvalue weighted by Crippen LogP contribution is -2.55. The monoisotopic (exact) mass is 288 g/mol. The second kappa shape index (κ2) is 7.23.